The fourth-order valence-corrected chi connectivity index (χ4v) is 2.61. The lowest BCUT2D eigenvalue weighted by molar-refractivity contribution is -0.276. The number of hydrogen-bond donors (Lipinski definition) is 1. The van der Waals surface area contributed by atoms with Gasteiger partial charge in [-0.05, 0) is 38.0 Å². The Morgan fingerprint density at radius 3 is 2.00 bits per heavy atom. The maximum Gasteiger partial charge on any atom is 0.358 e. The second-order valence-electron chi connectivity index (χ2n) is 3.97. The molecule has 0 atom stereocenters. The van der Waals surface area contributed by atoms with Crippen LogP contribution in [0.5, 0.6) is 0 Å². The monoisotopic (exact) mass is 162 g/mol. The van der Waals surface area contributed by atoms with Crippen LogP contribution in [0, 0.1) is 11.3 Å². The summed E-state index contributed by atoms with van der Waals surface area (Å²) in [7, 11) is 0. The molecule has 2 rings (SSSR count). The molecule has 2 aliphatic carbocycles. The molecule has 11 heavy (non-hydrogen) atoms. The zero-order valence-corrected chi connectivity index (χ0v) is 6.32. The molecule has 2 fully saturated rings. The molecule has 0 aromatic rings. The van der Waals surface area contributed by atoms with Crippen molar-refractivity contribution in [2.24, 2.45) is 11.3 Å². The van der Waals surface area contributed by atoms with Crippen molar-refractivity contribution in [3.05, 3.63) is 0 Å². The quantitative estimate of drug-likeness (QED) is 0.626. The Balaban J connectivity index is 2.23. The second kappa shape index (κ2) is 1.94. The molecule has 0 aromatic carbocycles. The van der Waals surface area contributed by atoms with Gasteiger partial charge in [0.05, 0.1) is 5.41 Å². The highest BCUT2D eigenvalue weighted by molar-refractivity contribution is 4.99. The molecule has 0 saturated heterocycles. The van der Waals surface area contributed by atoms with Crippen molar-refractivity contribution in [1.29, 1.82) is 0 Å². The van der Waals surface area contributed by atoms with Crippen molar-refractivity contribution in [2.75, 3.05) is 0 Å². The first-order valence-corrected chi connectivity index (χ1v) is 4.14. The van der Waals surface area contributed by atoms with Crippen LogP contribution in [0.4, 0.5) is 8.78 Å². The van der Waals surface area contributed by atoms with Crippen LogP contribution >= 0.6 is 0 Å². The highest BCUT2D eigenvalue weighted by Gasteiger charge is 2.59. The number of rotatable bonds is 1. The van der Waals surface area contributed by atoms with Crippen LogP contribution < -0.4 is 0 Å². The van der Waals surface area contributed by atoms with Crippen molar-refractivity contribution in [1.82, 2.24) is 0 Å². The molecule has 0 unspecified atom stereocenters. The third-order valence-electron chi connectivity index (χ3n) is 3.38. The zero-order valence-electron chi connectivity index (χ0n) is 6.32. The first kappa shape index (κ1) is 7.47. The number of alkyl halides is 2. The molecule has 0 amide bonds. The van der Waals surface area contributed by atoms with E-state index in [0.29, 0.717) is 25.2 Å². The van der Waals surface area contributed by atoms with E-state index in [2.05, 4.69) is 0 Å². The standard InChI is InChI=1S/C8H12F2O/c9-8(10,11)7-3-1-6(5-7)2-4-7/h6,11H,1-5H2. The van der Waals surface area contributed by atoms with Gasteiger partial charge in [0, 0.05) is 0 Å². The summed E-state index contributed by atoms with van der Waals surface area (Å²) in [5.41, 5.74) is -1.03. The number of hydrogen-bond acceptors (Lipinski definition) is 1. The van der Waals surface area contributed by atoms with E-state index in [4.69, 9.17) is 5.11 Å². The van der Waals surface area contributed by atoms with Crippen LogP contribution in [0.15, 0.2) is 0 Å². The average Bonchev–Trinajstić information content (AvgIpc) is 2.42. The predicted molar refractivity (Wildman–Crippen MR) is 36.2 cm³/mol. The fraction of sp³-hybridized carbons (Fsp3) is 1.00. The van der Waals surface area contributed by atoms with Gasteiger partial charge in [-0.3, -0.25) is 0 Å². The zero-order chi connectivity index (χ0) is 8.11. The van der Waals surface area contributed by atoms with E-state index in [-0.39, 0.29) is 0 Å². The van der Waals surface area contributed by atoms with Crippen LogP contribution in [0.3, 0.4) is 0 Å². The van der Waals surface area contributed by atoms with Crippen molar-refractivity contribution in [3.63, 3.8) is 0 Å². The third-order valence-corrected chi connectivity index (χ3v) is 3.38. The Morgan fingerprint density at radius 1 is 1.27 bits per heavy atom. The highest BCUT2D eigenvalue weighted by Crippen LogP contribution is 2.60. The van der Waals surface area contributed by atoms with Crippen LogP contribution in [-0.4, -0.2) is 11.2 Å². The molecule has 2 aliphatic rings. The normalized spacial score (nSPS) is 43.4. The summed E-state index contributed by atoms with van der Waals surface area (Å²) in [5.74, 6) is 0.466. The maximum atomic E-state index is 12.7. The van der Waals surface area contributed by atoms with Gasteiger partial charge in [-0.25, -0.2) is 0 Å². The average molecular weight is 162 g/mol. The summed E-state index contributed by atoms with van der Waals surface area (Å²) in [6, 6.07) is 0. The molecule has 0 spiro atoms. The molecule has 0 aliphatic heterocycles. The fourth-order valence-electron chi connectivity index (χ4n) is 2.61. The number of halogens is 2. The summed E-state index contributed by atoms with van der Waals surface area (Å²) in [4.78, 5) is 0. The Bertz CT molecular complexity index is 165. The molecule has 0 heterocycles. The van der Waals surface area contributed by atoms with Crippen LogP contribution in [-0.2, 0) is 0 Å². The van der Waals surface area contributed by atoms with E-state index in [1.54, 1.807) is 0 Å². The molecule has 1 nitrogen and oxygen atoms in total. The first-order valence-electron chi connectivity index (χ1n) is 4.14. The van der Waals surface area contributed by atoms with Crippen LogP contribution in [0.25, 0.3) is 0 Å². The molecule has 2 bridgehead atoms. The minimum Gasteiger partial charge on any atom is -0.336 e. The Labute approximate surface area is 64.4 Å². The largest absolute Gasteiger partial charge is 0.358 e. The van der Waals surface area contributed by atoms with E-state index in [1.807, 2.05) is 0 Å². The number of fused-ring (bicyclic) bond motifs is 2. The van der Waals surface area contributed by atoms with Gasteiger partial charge in [-0.2, -0.15) is 8.78 Å². The van der Waals surface area contributed by atoms with Gasteiger partial charge in [-0.1, -0.05) is 0 Å². The summed E-state index contributed by atoms with van der Waals surface area (Å²) in [5, 5.41) is 8.66. The number of aliphatic hydroxyl groups is 1. The van der Waals surface area contributed by atoms with Gasteiger partial charge in [0.25, 0.3) is 0 Å². The topological polar surface area (TPSA) is 20.2 Å². The lowest BCUT2D eigenvalue weighted by atomic mass is 9.83. The van der Waals surface area contributed by atoms with Gasteiger partial charge in [0.15, 0.2) is 0 Å². The van der Waals surface area contributed by atoms with Gasteiger partial charge in [0.2, 0.25) is 0 Å². The van der Waals surface area contributed by atoms with Crippen LogP contribution in [0.2, 0.25) is 0 Å². The van der Waals surface area contributed by atoms with E-state index in [1.165, 1.54) is 0 Å². The first-order chi connectivity index (χ1) is 5.04. The predicted octanol–water partition coefficient (Wildman–Crippen LogP) is 2.15. The molecule has 1 N–H and O–H groups in total. The van der Waals surface area contributed by atoms with E-state index in [9.17, 15) is 8.78 Å². The van der Waals surface area contributed by atoms with Gasteiger partial charge in [-0.15, -0.1) is 0 Å². The summed E-state index contributed by atoms with van der Waals surface area (Å²) >= 11 is 0. The molecule has 0 aromatic heterocycles. The van der Waals surface area contributed by atoms with Crippen molar-refractivity contribution < 1.29 is 13.9 Å². The summed E-state index contributed by atoms with van der Waals surface area (Å²) in [6.45, 7) is 0. The Hall–Kier alpha value is -0.180. The smallest absolute Gasteiger partial charge is 0.336 e. The lowest BCUT2D eigenvalue weighted by Gasteiger charge is -2.30. The van der Waals surface area contributed by atoms with Gasteiger partial charge in [0.1, 0.15) is 0 Å². The van der Waals surface area contributed by atoms with Crippen molar-refractivity contribution in [2.45, 2.75) is 38.2 Å². The van der Waals surface area contributed by atoms with Crippen molar-refractivity contribution >= 4 is 0 Å². The van der Waals surface area contributed by atoms with E-state index >= 15 is 0 Å². The molecular weight excluding hydrogens is 150 g/mol. The van der Waals surface area contributed by atoms with Gasteiger partial charge < -0.3 is 5.11 Å². The highest BCUT2D eigenvalue weighted by atomic mass is 19.3. The third kappa shape index (κ3) is 0.901. The van der Waals surface area contributed by atoms with Gasteiger partial charge >= 0.3 is 6.11 Å². The minimum atomic E-state index is -3.43. The summed E-state index contributed by atoms with van der Waals surface area (Å²) < 4.78 is 25.3. The minimum absolute atomic E-state index is 0.466. The SMILES string of the molecule is OC(F)(F)C12CCC(CC1)C2. The lowest BCUT2D eigenvalue weighted by Crippen LogP contribution is -2.37. The molecular formula is C8H12F2O. The van der Waals surface area contributed by atoms with E-state index in [0.717, 1.165) is 12.8 Å². The second-order valence-corrected chi connectivity index (χ2v) is 3.97. The summed E-state index contributed by atoms with van der Waals surface area (Å²) in [6.07, 6.45) is -0.0939. The maximum absolute atomic E-state index is 12.7. The Morgan fingerprint density at radius 2 is 1.82 bits per heavy atom. The molecule has 2 saturated carbocycles. The van der Waals surface area contributed by atoms with Crippen molar-refractivity contribution in [3.8, 4) is 0 Å². The van der Waals surface area contributed by atoms with Crippen LogP contribution in [0.1, 0.15) is 32.1 Å². The van der Waals surface area contributed by atoms with E-state index < -0.39 is 11.5 Å². The molecule has 3 heteroatoms. The molecule has 64 valence electrons. The Kier molecular flexibility index (Phi) is 1.32. The molecule has 0 radical (unpaired) electrons.